The number of aromatic nitrogens is 2. The number of rotatable bonds is 5. The third-order valence-corrected chi connectivity index (χ3v) is 4.46. The minimum absolute atomic E-state index is 0.0800. The molecule has 2 atom stereocenters. The molecule has 1 aromatic carbocycles. The predicted octanol–water partition coefficient (Wildman–Crippen LogP) is 1.96. The van der Waals surface area contributed by atoms with Crippen LogP contribution in [0, 0.1) is 0 Å². The van der Waals surface area contributed by atoms with E-state index in [4.69, 9.17) is 4.74 Å². The maximum absolute atomic E-state index is 12.7. The molecule has 1 amide bonds. The summed E-state index contributed by atoms with van der Waals surface area (Å²) in [4.78, 5) is 18.6. The molecule has 0 saturated carbocycles. The number of hydrogen-bond donors (Lipinski definition) is 1. The van der Waals surface area contributed by atoms with Gasteiger partial charge in [-0.2, -0.15) is 0 Å². The number of nitrogens with zero attached hydrogens (tertiary/aromatic N) is 3. The van der Waals surface area contributed by atoms with Gasteiger partial charge in [-0.15, -0.1) is 0 Å². The molecule has 6 heteroatoms. The molecule has 0 unspecified atom stereocenters. The van der Waals surface area contributed by atoms with Gasteiger partial charge in [0.25, 0.3) is 5.91 Å². The molecule has 1 saturated heterocycles. The molecular formula is C19H26N4O2. The van der Waals surface area contributed by atoms with Crippen LogP contribution in [0.5, 0.6) is 0 Å². The number of aryl methyl sites for hydroxylation is 1. The van der Waals surface area contributed by atoms with Crippen LogP contribution in [0.3, 0.4) is 0 Å². The molecule has 25 heavy (non-hydrogen) atoms. The maximum atomic E-state index is 12.7. The Morgan fingerprint density at radius 3 is 2.48 bits per heavy atom. The average Bonchev–Trinajstić information content (AvgIpc) is 2.99. The maximum Gasteiger partial charge on any atom is 0.254 e. The molecule has 0 bridgehead atoms. The minimum atomic E-state index is 0.0800. The number of hydrogen-bond acceptors (Lipinski definition) is 4. The monoisotopic (exact) mass is 342 g/mol. The van der Waals surface area contributed by atoms with Crippen LogP contribution in [0.4, 0.5) is 0 Å². The Morgan fingerprint density at radius 1 is 1.20 bits per heavy atom. The summed E-state index contributed by atoms with van der Waals surface area (Å²) < 4.78 is 7.70. The van der Waals surface area contributed by atoms with E-state index in [0.717, 1.165) is 29.9 Å². The van der Waals surface area contributed by atoms with Gasteiger partial charge in [-0.1, -0.05) is 12.1 Å². The highest BCUT2D eigenvalue weighted by Crippen LogP contribution is 2.15. The standard InChI is InChI=1S/C19H26N4O2/c1-14-11-23(12-15(2)25-14)19(24)17-6-4-16(5-7-17)8-20-9-18-10-21-13-22(18)3/h4-7,10,13-15,20H,8-9,11-12H2,1-3H3/t14-,15-/m0/s1. The predicted molar refractivity (Wildman–Crippen MR) is 96.1 cm³/mol. The van der Waals surface area contributed by atoms with E-state index in [1.807, 2.05) is 60.8 Å². The number of ether oxygens (including phenoxy) is 1. The third kappa shape index (κ3) is 4.46. The molecule has 0 aliphatic carbocycles. The SMILES string of the molecule is C[C@H]1CN(C(=O)c2ccc(CNCc3cncn3C)cc2)C[C@H](C)O1. The zero-order valence-corrected chi connectivity index (χ0v) is 15.1. The van der Waals surface area contributed by atoms with E-state index < -0.39 is 0 Å². The van der Waals surface area contributed by atoms with Crippen molar-refractivity contribution in [3.63, 3.8) is 0 Å². The zero-order chi connectivity index (χ0) is 17.8. The summed E-state index contributed by atoms with van der Waals surface area (Å²) in [6.45, 7) is 6.83. The fourth-order valence-electron chi connectivity index (χ4n) is 3.18. The lowest BCUT2D eigenvalue weighted by Crippen LogP contribution is -2.48. The van der Waals surface area contributed by atoms with Gasteiger partial charge >= 0.3 is 0 Å². The molecule has 1 N–H and O–H groups in total. The molecule has 1 fully saturated rings. The van der Waals surface area contributed by atoms with Crippen molar-refractivity contribution in [2.24, 2.45) is 7.05 Å². The summed E-state index contributed by atoms with van der Waals surface area (Å²) in [5.41, 5.74) is 3.03. The first kappa shape index (κ1) is 17.6. The van der Waals surface area contributed by atoms with Crippen LogP contribution in [-0.4, -0.2) is 45.7 Å². The second-order valence-electron chi connectivity index (χ2n) is 6.76. The van der Waals surface area contributed by atoms with E-state index in [0.29, 0.717) is 13.1 Å². The fourth-order valence-corrected chi connectivity index (χ4v) is 3.18. The second-order valence-corrected chi connectivity index (χ2v) is 6.76. The van der Waals surface area contributed by atoms with Crippen LogP contribution >= 0.6 is 0 Å². The second kappa shape index (κ2) is 7.80. The van der Waals surface area contributed by atoms with Crippen LogP contribution in [0.2, 0.25) is 0 Å². The molecular weight excluding hydrogens is 316 g/mol. The molecule has 1 aliphatic rings. The number of carbonyl (C=O) groups excluding carboxylic acids is 1. The smallest absolute Gasteiger partial charge is 0.254 e. The summed E-state index contributed by atoms with van der Waals surface area (Å²) in [6, 6.07) is 7.84. The van der Waals surface area contributed by atoms with Gasteiger partial charge in [0.2, 0.25) is 0 Å². The lowest BCUT2D eigenvalue weighted by atomic mass is 10.1. The quantitative estimate of drug-likeness (QED) is 0.902. The molecule has 2 aromatic rings. The van der Waals surface area contributed by atoms with E-state index in [1.54, 1.807) is 6.33 Å². The van der Waals surface area contributed by atoms with Gasteiger partial charge in [0.05, 0.1) is 24.2 Å². The van der Waals surface area contributed by atoms with E-state index in [-0.39, 0.29) is 18.1 Å². The lowest BCUT2D eigenvalue weighted by Gasteiger charge is -2.35. The molecule has 2 heterocycles. The van der Waals surface area contributed by atoms with Crippen molar-refractivity contribution in [3.05, 3.63) is 53.6 Å². The van der Waals surface area contributed by atoms with Crippen LogP contribution in [0.15, 0.2) is 36.8 Å². The Kier molecular flexibility index (Phi) is 5.50. The summed E-state index contributed by atoms with van der Waals surface area (Å²) in [5, 5.41) is 3.40. The van der Waals surface area contributed by atoms with Crippen molar-refractivity contribution >= 4 is 5.91 Å². The molecule has 6 nitrogen and oxygen atoms in total. The number of carbonyl (C=O) groups is 1. The van der Waals surface area contributed by atoms with Crippen molar-refractivity contribution in [1.29, 1.82) is 0 Å². The molecule has 1 aliphatic heterocycles. The normalized spacial score (nSPS) is 20.7. The zero-order valence-electron chi connectivity index (χ0n) is 15.1. The first-order chi connectivity index (χ1) is 12.0. The molecule has 1 aromatic heterocycles. The lowest BCUT2D eigenvalue weighted by molar-refractivity contribution is -0.0586. The van der Waals surface area contributed by atoms with Gasteiger partial charge in [-0.3, -0.25) is 4.79 Å². The van der Waals surface area contributed by atoms with E-state index >= 15 is 0 Å². The van der Waals surface area contributed by atoms with Gasteiger partial charge < -0.3 is 19.5 Å². The van der Waals surface area contributed by atoms with Gasteiger partial charge in [0.15, 0.2) is 0 Å². The Hall–Kier alpha value is -2.18. The number of nitrogens with one attached hydrogen (secondary N) is 1. The number of morpholine rings is 1. The average molecular weight is 342 g/mol. The van der Waals surface area contributed by atoms with Crippen molar-refractivity contribution in [2.45, 2.75) is 39.1 Å². The van der Waals surface area contributed by atoms with Gasteiger partial charge in [-0.05, 0) is 31.5 Å². The Balaban J connectivity index is 1.54. The molecule has 0 radical (unpaired) electrons. The van der Waals surface area contributed by atoms with Crippen molar-refractivity contribution < 1.29 is 9.53 Å². The van der Waals surface area contributed by atoms with Crippen LogP contribution < -0.4 is 5.32 Å². The fraction of sp³-hybridized carbons (Fsp3) is 0.474. The van der Waals surface area contributed by atoms with Crippen molar-refractivity contribution in [3.8, 4) is 0 Å². The van der Waals surface area contributed by atoms with Gasteiger partial charge in [0.1, 0.15) is 0 Å². The summed E-state index contributed by atoms with van der Waals surface area (Å²) in [5.74, 6) is 0.0800. The minimum Gasteiger partial charge on any atom is -0.372 e. The molecule has 0 spiro atoms. The first-order valence-electron chi connectivity index (χ1n) is 8.72. The Bertz CT molecular complexity index is 700. The van der Waals surface area contributed by atoms with Crippen LogP contribution in [-0.2, 0) is 24.9 Å². The summed E-state index contributed by atoms with van der Waals surface area (Å²) >= 11 is 0. The number of amides is 1. The highest BCUT2D eigenvalue weighted by Gasteiger charge is 2.26. The van der Waals surface area contributed by atoms with E-state index in [9.17, 15) is 4.79 Å². The highest BCUT2D eigenvalue weighted by molar-refractivity contribution is 5.94. The van der Waals surface area contributed by atoms with Crippen LogP contribution in [0.1, 0.15) is 35.5 Å². The van der Waals surface area contributed by atoms with Gasteiger partial charge in [0, 0.05) is 45.0 Å². The largest absolute Gasteiger partial charge is 0.372 e. The number of imidazole rings is 1. The summed E-state index contributed by atoms with van der Waals surface area (Å²) in [7, 11) is 1.98. The molecule has 134 valence electrons. The number of benzene rings is 1. The first-order valence-corrected chi connectivity index (χ1v) is 8.72. The van der Waals surface area contributed by atoms with E-state index in [1.165, 1.54) is 0 Å². The Labute approximate surface area is 148 Å². The topological polar surface area (TPSA) is 59.4 Å². The third-order valence-electron chi connectivity index (χ3n) is 4.46. The molecule has 3 rings (SSSR count). The Morgan fingerprint density at radius 2 is 1.88 bits per heavy atom. The van der Waals surface area contributed by atoms with Crippen LogP contribution in [0.25, 0.3) is 0 Å². The van der Waals surface area contributed by atoms with Crippen molar-refractivity contribution in [1.82, 2.24) is 19.8 Å². The highest BCUT2D eigenvalue weighted by atomic mass is 16.5. The van der Waals surface area contributed by atoms with E-state index in [2.05, 4.69) is 10.3 Å². The van der Waals surface area contributed by atoms with Gasteiger partial charge in [-0.25, -0.2) is 4.98 Å². The van der Waals surface area contributed by atoms with Crippen molar-refractivity contribution in [2.75, 3.05) is 13.1 Å². The summed E-state index contributed by atoms with van der Waals surface area (Å²) in [6.07, 6.45) is 3.83.